The van der Waals surface area contributed by atoms with Crippen LogP contribution in [0.3, 0.4) is 0 Å². The molecule has 0 atom stereocenters. The summed E-state index contributed by atoms with van der Waals surface area (Å²) in [5.74, 6) is 1.01. The number of anilines is 1. The number of hydrogen-bond donors (Lipinski definition) is 0. The van der Waals surface area contributed by atoms with Crippen LogP contribution in [0.1, 0.15) is 23.1 Å². The number of rotatable bonds is 12. The third kappa shape index (κ3) is 7.94. The molecule has 5 rings (SSSR count). The highest BCUT2D eigenvalue weighted by atomic mass is 32.2. The molecule has 0 spiro atoms. The zero-order valence-electron chi connectivity index (χ0n) is 22.0. The van der Waals surface area contributed by atoms with Crippen LogP contribution in [0, 0.1) is 0 Å². The van der Waals surface area contributed by atoms with Gasteiger partial charge in [0, 0.05) is 69.5 Å². The summed E-state index contributed by atoms with van der Waals surface area (Å²) in [6.45, 7) is 7.33. The van der Waals surface area contributed by atoms with Gasteiger partial charge in [-0.15, -0.1) is 0 Å². The average molecular weight is 549 g/mol. The van der Waals surface area contributed by atoms with Crippen molar-refractivity contribution < 1.29 is 8.78 Å². The van der Waals surface area contributed by atoms with Gasteiger partial charge in [0.15, 0.2) is 0 Å². The second-order valence-electron chi connectivity index (χ2n) is 9.81. The SMILES string of the molecule is FC(F)C1=NN=C(c2ccc(CN(SCCN3CCN(CCc4ccncc4)CC3)c3ccccc3)cc2)C1. The van der Waals surface area contributed by atoms with Crippen molar-refractivity contribution in [1.82, 2.24) is 14.8 Å². The predicted molar refractivity (Wildman–Crippen MR) is 157 cm³/mol. The number of benzene rings is 2. The van der Waals surface area contributed by atoms with E-state index < -0.39 is 6.43 Å². The van der Waals surface area contributed by atoms with Gasteiger partial charge in [-0.2, -0.15) is 10.2 Å². The van der Waals surface area contributed by atoms with Crippen molar-refractivity contribution in [3.8, 4) is 0 Å². The van der Waals surface area contributed by atoms with Crippen LogP contribution in [0.15, 0.2) is 89.3 Å². The minimum atomic E-state index is -2.55. The van der Waals surface area contributed by atoms with Gasteiger partial charge in [-0.1, -0.05) is 42.5 Å². The minimum Gasteiger partial charge on any atom is -0.312 e. The molecule has 0 radical (unpaired) electrons. The molecule has 204 valence electrons. The fourth-order valence-corrected chi connectivity index (χ4v) is 5.85. The summed E-state index contributed by atoms with van der Waals surface area (Å²) in [7, 11) is 0. The Morgan fingerprint density at radius 1 is 0.795 bits per heavy atom. The van der Waals surface area contributed by atoms with Gasteiger partial charge in [-0.25, -0.2) is 8.78 Å². The van der Waals surface area contributed by atoms with Crippen LogP contribution in [-0.2, 0) is 13.0 Å². The second-order valence-corrected chi connectivity index (χ2v) is 10.9. The summed E-state index contributed by atoms with van der Waals surface area (Å²) in [4.78, 5) is 9.22. The van der Waals surface area contributed by atoms with E-state index in [1.807, 2.05) is 42.5 Å². The monoisotopic (exact) mass is 548 g/mol. The van der Waals surface area contributed by atoms with Crippen LogP contribution in [-0.4, -0.2) is 77.7 Å². The fraction of sp³-hybridized carbons (Fsp3) is 0.367. The van der Waals surface area contributed by atoms with E-state index in [1.165, 1.54) is 11.3 Å². The Kier molecular flexibility index (Phi) is 9.69. The van der Waals surface area contributed by atoms with Crippen LogP contribution in [0.5, 0.6) is 0 Å². The maximum absolute atomic E-state index is 12.9. The van der Waals surface area contributed by atoms with Gasteiger partial charge in [0.2, 0.25) is 0 Å². The van der Waals surface area contributed by atoms with Crippen LogP contribution >= 0.6 is 11.9 Å². The van der Waals surface area contributed by atoms with Gasteiger partial charge < -0.3 is 9.21 Å². The van der Waals surface area contributed by atoms with E-state index in [1.54, 1.807) is 0 Å². The first-order valence-electron chi connectivity index (χ1n) is 13.4. The second kappa shape index (κ2) is 13.8. The molecule has 3 heterocycles. The van der Waals surface area contributed by atoms with Gasteiger partial charge in [0.25, 0.3) is 6.43 Å². The van der Waals surface area contributed by atoms with Crippen molar-refractivity contribution in [3.05, 3.63) is 95.8 Å². The molecule has 2 aliphatic heterocycles. The molecule has 2 aromatic carbocycles. The number of aromatic nitrogens is 1. The highest BCUT2D eigenvalue weighted by Gasteiger charge is 2.22. The number of piperazine rings is 1. The molecule has 1 fully saturated rings. The van der Waals surface area contributed by atoms with Crippen LogP contribution in [0.25, 0.3) is 0 Å². The molecule has 0 N–H and O–H groups in total. The van der Waals surface area contributed by atoms with Crippen molar-refractivity contribution in [2.24, 2.45) is 10.2 Å². The summed E-state index contributed by atoms with van der Waals surface area (Å²) < 4.78 is 28.2. The highest BCUT2D eigenvalue weighted by molar-refractivity contribution is 8.00. The normalized spacial score (nSPS) is 16.4. The van der Waals surface area contributed by atoms with E-state index in [-0.39, 0.29) is 12.1 Å². The van der Waals surface area contributed by atoms with Crippen molar-refractivity contribution in [3.63, 3.8) is 0 Å². The van der Waals surface area contributed by atoms with Crippen molar-refractivity contribution in [1.29, 1.82) is 0 Å². The molecule has 2 aliphatic rings. The lowest BCUT2D eigenvalue weighted by atomic mass is 10.0. The molecular weight excluding hydrogens is 514 g/mol. The zero-order valence-corrected chi connectivity index (χ0v) is 22.8. The Balaban J connectivity index is 1.10. The molecule has 1 saturated heterocycles. The number of hydrogen-bond acceptors (Lipinski definition) is 7. The topological polar surface area (TPSA) is 47.3 Å². The largest absolute Gasteiger partial charge is 0.312 e. The smallest absolute Gasteiger partial charge is 0.278 e. The molecule has 0 saturated carbocycles. The van der Waals surface area contributed by atoms with Crippen LogP contribution < -0.4 is 4.31 Å². The molecule has 9 heteroatoms. The first-order valence-corrected chi connectivity index (χ1v) is 14.4. The fourth-order valence-electron chi connectivity index (χ4n) is 4.77. The molecule has 1 aromatic heterocycles. The third-order valence-corrected chi connectivity index (χ3v) is 8.16. The van der Waals surface area contributed by atoms with Gasteiger partial charge in [-0.05, 0) is 59.3 Å². The number of para-hydroxylation sites is 1. The maximum atomic E-state index is 12.9. The number of halogens is 2. The van der Waals surface area contributed by atoms with E-state index in [4.69, 9.17) is 0 Å². The van der Waals surface area contributed by atoms with Crippen molar-refractivity contribution in [2.75, 3.05) is 49.3 Å². The highest BCUT2D eigenvalue weighted by Crippen LogP contribution is 2.26. The first kappa shape index (κ1) is 27.4. The predicted octanol–water partition coefficient (Wildman–Crippen LogP) is 5.41. The molecule has 0 unspecified atom stereocenters. The summed E-state index contributed by atoms with van der Waals surface area (Å²) in [6.07, 6.45) is 2.37. The summed E-state index contributed by atoms with van der Waals surface area (Å²) in [6, 6.07) is 22.7. The van der Waals surface area contributed by atoms with Gasteiger partial charge >= 0.3 is 0 Å². The molecule has 3 aromatic rings. The van der Waals surface area contributed by atoms with Crippen molar-refractivity contribution >= 4 is 29.1 Å². The third-order valence-electron chi connectivity index (χ3n) is 7.14. The van der Waals surface area contributed by atoms with Crippen molar-refractivity contribution in [2.45, 2.75) is 25.8 Å². The lowest BCUT2D eigenvalue weighted by molar-refractivity contribution is 0.139. The Hall–Kier alpha value is -3.14. The molecule has 0 bridgehead atoms. The molecule has 39 heavy (non-hydrogen) atoms. The average Bonchev–Trinajstić information content (AvgIpc) is 3.49. The zero-order chi connectivity index (χ0) is 26.9. The molecular formula is C30H34F2N6S. The lowest BCUT2D eigenvalue weighted by Gasteiger charge is -2.35. The van der Waals surface area contributed by atoms with E-state index in [0.29, 0.717) is 5.71 Å². The number of pyridine rings is 1. The van der Waals surface area contributed by atoms with Crippen LogP contribution in [0.2, 0.25) is 0 Å². The maximum Gasteiger partial charge on any atom is 0.278 e. The van der Waals surface area contributed by atoms with E-state index >= 15 is 0 Å². The lowest BCUT2D eigenvalue weighted by Crippen LogP contribution is -2.47. The Morgan fingerprint density at radius 3 is 2.15 bits per heavy atom. The summed E-state index contributed by atoms with van der Waals surface area (Å²) in [5.41, 5.74) is 4.96. The van der Waals surface area contributed by atoms with Gasteiger partial charge in [0.05, 0.1) is 12.3 Å². The van der Waals surface area contributed by atoms with Crippen LogP contribution in [0.4, 0.5) is 14.5 Å². The Bertz CT molecular complexity index is 1230. The Morgan fingerprint density at radius 2 is 1.49 bits per heavy atom. The number of alkyl halides is 2. The Labute approximate surface area is 233 Å². The van der Waals surface area contributed by atoms with E-state index in [9.17, 15) is 8.78 Å². The van der Waals surface area contributed by atoms with E-state index in [2.05, 4.69) is 77.8 Å². The molecule has 0 aliphatic carbocycles. The summed E-state index contributed by atoms with van der Waals surface area (Å²) in [5, 5.41) is 7.60. The van der Waals surface area contributed by atoms with Gasteiger partial charge in [-0.3, -0.25) is 9.88 Å². The standard InChI is InChI=1S/C30H34F2N6S/c31-30(32)29-22-28(34-35-29)26-8-6-25(7-9-26)23-38(27-4-2-1-3-5-27)39-21-20-37-18-16-36(17-19-37)15-12-24-10-13-33-14-11-24/h1-11,13-14,30H,12,15-23H2. The molecule has 0 amide bonds. The number of nitrogens with zero attached hydrogens (tertiary/aromatic N) is 6. The summed E-state index contributed by atoms with van der Waals surface area (Å²) >= 11 is 1.85. The van der Waals surface area contributed by atoms with E-state index in [0.717, 1.165) is 69.1 Å². The molecule has 6 nitrogen and oxygen atoms in total. The quantitative estimate of drug-likeness (QED) is 0.283. The first-order chi connectivity index (χ1) is 19.1. The van der Waals surface area contributed by atoms with Gasteiger partial charge in [0.1, 0.15) is 5.71 Å². The minimum absolute atomic E-state index is 0.113.